The van der Waals surface area contributed by atoms with Crippen LogP contribution in [0.5, 0.6) is 0 Å². The van der Waals surface area contributed by atoms with E-state index in [-0.39, 0.29) is 5.56 Å². The van der Waals surface area contributed by atoms with E-state index in [1.54, 1.807) is 11.3 Å². The molecule has 6 nitrogen and oxygen atoms in total. The van der Waals surface area contributed by atoms with Gasteiger partial charge >= 0.3 is 5.97 Å². The van der Waals surface area contributed by atoms with Crippen LogP contribution in [0.4, 0.5) is 11.4 Å². The largest absolute Gasteiger partial charge is 0.477 e. The lowest BCUT2D eigenvalue weighted by Gasteiger charge is -2.06. The summed E-state index contributed by atoms with van der Waals surface area (Å²) in [5.74, 6) is -1.31. The van der Waals surface area contributed by atoms with Crippen LogP contribution in [0.25, 0.3) is 0 Å². The number of nitro benzene ring substituents is 1. The minimum absolute atomic E-state index is 0.320. The first-order valence-corrected chi connectivity index (χ1v) is 7.13. The molecule has 8 heteroatoms. The predicted molar refractivity (Wildman–Crippen MR) is 79.4 cm³/mol. The van der Waals surface area contributed by atoms with Crippen molar-refractivity contribution in [3.63, 3.8) is 0 Å². The summed E-state index contributed by atoms with van der Waals surface area (Å²) in [6, 6.07) is 5.91. The van der Waals surface area contributed by atoms with Gasteiger partial charge in [-0.3, -0.25) is 10.1 Å². The number of carboxylic acids is 1. The smallest absolute Gasteiger partial charge is 0.342 e. The van der Waals surface area contributed by atoms with Gasteiger partial charge < -0.3 is 10.4 Å². The number of hydrogen-bond donors (Lipinski definition) is 2. The van der Waals surface area contributed by atoms with Gasteiger partial charge in [0.05, 0.1) is 4.92 Å². The van der Waals surface area contributed by atoms with Gasteiger partial charge in [0.15, 0.2) is 0 Å². The molecular formula is C12H9BrN2O4S. The fourth-order valence-corrected chi connectivity index (χ4v) is 3.00. The molecule has 0 aliphatic heterocycles. The van der Waals surface area contributed by atoms with Crippen molar-refractivity contribution in [3.05, 3.63) is 54.7 Å². The third-order valence-electron chi connectivity index (χ3n) is 2.51. The Bertz CT molecular complexity index is 671. The summed E-state index contributed by atoms with van der Waals surface area (Å²) in [4.78, 5) is 22.1. The summed E-state index contributed by atoms with van der Waals surface area (Å²) < 4.78 is 0.978. The Labute approximate surface area is 126 Å². The lowest BCUT2D eigenvalue weighted by atomic mass is 10.1. The van der Waals surface area contributed by atoms with E-state index < -0.39 is 16.6 Å². The number of rotatable bonds is 5. The number of nitro groups is 1. The second-order valence-corrected chi connectivity index (χ2v) is 5.79. The van der Waals surface area contributed by atoms with Crippen molar-refractivity contribution in [1.82, 2.24) is 0 Å². The number of halogens is 1. The minimum atomic E-state index is -1.31. The quantitative estimate of drug-likeness (QED) is 0.628. The molecule has 104 valence electrons. The molecule has 0 amide bonds. The molecule has 0 bridgehead atoms. The van der Waals surface area contributed by atoms with E-state index in [1.165, 1.54) is 18.2 Å². The Hall–Kier alpha value is -1.93. The molecule has 2 aromatic rings. The Kier molecular flexibility index (Phi) is 4.35. The van der Waals surface area contributed by atoms with Crippen molar-refractivity contribution < 1.29 is 14.8 Å². The second kappa shape index (κ2) is 6.02. The van der Waals surface area contributed by atoms with Gasteiger partial charge in [0.2, 0.25) is 0 Å². The van der Waals surface area contributed by atoms with Crippen LogP contribution in [0.15, 0.2) is 34.1 Å². The number of carboxylic acid groups (broad SMARTS) is 1. The lowest BCUT2D eigenvalue weighted by Crippen LogP contribution is -2.04. The predicted octanol–water partition coefficient (Wildman–Crippen LogP) is 3.73. The van der Waals surface area contributed by atoms with Crippen LogP contribution in [0, 0.1) is 10.1 Å². The highest BCUT2D eigenvalue weighted by atomic mass is 79.9. The van der Waals surface area contributed by atoms with Crippen LogP contribution < -0.4 is 5.32 Å². The van der Waals surface area contributed by atoms with Gasteiger partial charge in [0.1, 0.15) is 5.56 Å². The molecular weight excluding hydrogens is 348 g/mol. The van der Waals surface area contributed by atoms with Crippen molar-refractivity contribution in [3.8, 4) is 0 Å². The average molecular weight is 357 g/mol. The summed E-state index contributed by atoms with van der Waals surface area (Å²) in [7, 11) is 0. The number of nitrogens with one attached hydrogen (secondary N) is 1. The fraction of sp³-hybridized carbons (Fsp3) is 0.0833. The molecule has 0 saturated carbocycles. The molecule has 0 aliphatic rings. The Morgan fingerprint density at radius 2 is 2.20 bits per heavy atom. The van der Waals surface area contributed by atoms with Crippen LogP contribution in [0.3, 0.4) is 0 Å². The van der Waals surface area contributed by atoms with Gasteiger partial charge in [-0.2, -0.15) is 0 Å². The molecule has 0 saturated heterocycles. The molecule has 1 aromatic carbocycles. The van der Waals surface area contributed by atoms with Crippen molar-refractivity contribution in [1.29, 1.82) is 0 Å². The maximum Gasteiger partial charge on any atom is 0.342 e. The van der Waals surface area contributed by atoms with Gasteiger partial charge in [-0.05, 0) is 34.1 Å². The molecule has 0 fully saturated rings. The first-order chi connectivity index (χ1) is 9.47. The van der Waals surface area contributed by atoms with Crippen LogP contribution in [-0.4, -0.2) is 16.0 Å². The number of thiophene rings is 1. The molecule has 0 unspecified atom stereocenters. The first-order valence-electron chi connectivity index (χ1n) is 5.46. The topological polar surface area (TPSA) is 92.5 Å². The van der Waals surface area contributed by atoms with Crippen molar-refractivity contribution in [2.45, 2.75) is 6.54 Å². The summed E-state index contributed by atoms with van der Waals surface area (Å²) >= 11 is 4.89. The number of aromatic carboxylic acids is 1. The Morgan fingerprint density at radius 1 is 1.45 bits per heavy atom. The first kappa shape index (κ1) is 14.5. The molecule has 0 radical (unpaired) electrons. The highest BCUT2D eigenvalue weighted by Gasteiger charge is 2.19. The average Bonchev–Trinajstić information content (AvgIpc) is 2.81. The number of anilines is 1. The zero-order chi connectivity index (χ0) is 14.7. The van der Waals surface area contributed by atoms with E-state index >= 15 is 0 Å². The highest BCUT2D eigenvalue weighted by Crippen LogP contribution is 2.25. The molecule has 1 heterocycles. The summed E-state index contributed by atoms with van der Waals surface area (Å²) in [6.45, 7) is 0.514. The highest BCUT2D eigenvalue weighted by molar-refractivity contribution is 9.10. The number of benzene rings is 1. The Balaban J connectivity index is 2.18. The van der Waals surface area contributed by atoms with Crippen LogP contribution in [0.1, 0.15) is 15.2 Å². The van der Waals surface area contributed by atoms with Crippen LogP contribution in [0.2, 0.25) is 0 Å². The van der Waals surface area contributed by atoms with E-state index in [0.29, 0.717) is 12.2 Å². The van der Waals surface area contributed by atoms with Crippen molar-refractivity contribution in [2.24, 2.45) is 0 Å². The third-order valence-corrected chi connectivity index (χ3v) is 4.21. The summed E-state index contributed by atoms with van der Waals surface area (Å²) in [6.07, 6.45) is 0. The SMILES string of the molecule is O=C(O)c1ccc(NCc2cc(Br)cs2)cc1[N+](=O)[O-]. The maximum absolute atomic E-state index is 10.9. The number of carbonyl (C=O) groups is 1. The number of nitrogens with zero attached hydrogens (tertiary/aromatic N) is 1. The van der Waals surface area contributed by atoms with Gasteiger partial charge in [0.25, 0.3) is 5.69 Å². The van der Waals surface area contributed by atoms with E-state index in [2.05, 4.69) is 21.2 Å². The molecule has 0 atom stereocenters. The van der Waals surface area contributed by atoms with Crippen molar-refractivity contribution >= 4 is 44.6 Å². The molecule has 0 spiro atoms. The van der Waals surface area contributed by atoms with E-state index in [4.69, 9.17) is 5.11 Å². The summed E-state index contributed by atoms with van der Waals surface area (Å²) in [5.41, 5.74) is -0.236. The molecule has 0 aliphatic carbocycles. The van der Waals surface area contributed by atoms with Gasteiger partial charge in [0, 0.05) is 33.0 Å². The summed E-state index contributed by atoms with van der Waals surface area (Å²) in [5, 5.41) is 24.7. The molecule has 1 aromatic heterocycles. The normalized spacial score (nSPS) is 10.2. The maximum atomic E-state index is 10.9. The zero-order valence-corrected chi connectivity index (χ0v) is 12.4. The molecule has 20 heavy (non-hydrogen) atoms. The fourth-order valence-electron chi connectivity index (χ4n) is 1.61. The van der Waals surface area contributed by atoms with E-state index in [1.807, 2.05) is 11.4 Å². The van der Waals surface area contributed by atoms with Crippen LogP contribution in [-0.2, 0) is 6.54 Å². The van der Waals surface area contributed by atoms with Gasteiger partial charge in [-0.25, -0.2) is 4.79 Å². The number of hydrogen-bond acceptors (Lipinski definition) is 5. The Morgan fingerprint density at radius 3 is 2.75 bits per heavy atom. The monoisotopic (exact) mass is 356 g/mol. The third kappa shape index (κ3) is 3.34. The van der Waals surface area contributed by atoms with E-state index in [9.17, 15) is 14.9 Å². The van der Waals surface area contributed by atoms with E-state index in [0.717, 1.165) is 9.35 Å². The second-order valence-electron chi connectivity index (χ2n) is 3.88. The van der Waals surface area contributed by atoms with Crippen LogP contribution >= 0.6 is 27.3 Å². The zero-order valence-electron chi connectivity index (χ0n) is 10.00. The minimum Gasteiger partial charge on any atom is -0.477 e. The molecule has 2 rings (SSSR count). The van der Waals surface area contributed by atoms with Crippen molar-refractivity contribution in [2.75, 3.05) is 5.32 Å². The molecule has 2 N–H and O–H groups in total. The standard InChI is InChI=1S/C12H9BrN2O4S/c13-7-3-9(20-6-7)5-14-8-1-2-10(12(16)17)11(4-8)15(18)19/h1-4,6,14H,5H2,(H,16,17). The van der Waals surface area contributed by atoms with Gasteiger partial charge in [-0.1, -0.05) is 0 Å². The lowest BCUT2D eigenvalue weighted by molar-refractivity contribution is -0.385. The van der Waals surface area contributed by atoms with Gasteiger partial charge in [-0.15, -0.1) is 11.3 Å².